The van der Waals surface area contributed by atoms with Gasteiger partial charge < -0.3 is 10.1 Å². The molecule has 2 bridgehead atoms. The van der Waals surface area contributed by atoms with E-state index in [1.807, 2.05) is 24.3 Å². The van der Waals surface area contributed by atoms with Crippen LogP contribution in [0.2, 0.25) is 0 Å². The fraction of sp³-hybridized carbons (Fsp3) is 0.318. The van der Waals surface area contributed by atoms with Crippen molar-refractivity contribution in [2.75, 3.05) is 18.5 Å². The molecule has 4 rings (SSSR count). The van der Waals surface area contributed by atoms with Crippen LogP contribution < -0.4 is 5.32 Å². The van der Waals surface area contributed by atoms with Gasteiger partial charge in [0.15, 0.2) is 0 Å². The van der Waals surface area contributed by atoms with Crippen molar-refractivity contribution in [2.45, 2.75) is 26.7 Å². The smallest absolute Gasteiger partial charge is 0.257 e. The second kappa shape index (κ2) is 7.35. The van der Waals surface area contributed by atoms with Crippen LogP contribution in [-0.4, -0.2) is 29.8 Å². The first-order chi connectivity index (χ1) is 13.2. The zero-order valence-corrected chi connectivity index (χ0v) is 15.7. The van der Waals surface area contributed by atoms with Gasteiger partial charge in [0, 0.05) is 17.8 Å². The molecule has 2 aliphatic rings. The molecular weight excluding hydrogens is 338 g/mol. The molecule has 2 aliphatic heterocycles. The summed E-state index contributed by atoms with van der Waals surface area (Å²) in [4.78, 5) is 22.2. The number of nitrogens with zero attached hydrogens (tertiary/aromatic N) is 2. The Hall–Kier alpha value is -2.95. The number of aliphatic imine (C=N–C) groups is 1. The number of hydrogen-bond acceptors (Lipinski definition) is 4. The summed E-state index contributed by atoms with van der Waals surface area (Å²) in [6, 6.07) is 11.5. The molecule has 0 radical (unpaired) electrons. The molecule has 5 nitrogen and oxygen atoms in total. The fourth-order valence-corrected chi connectivity index (χ4v) is 3.68. The van der Waals surface area contributed by atoms with Crippen LogP contribution in [0, 0.1) is 5.92 Å². The quantitative estimate of drug-likeness (QED) is 0.898. The number of para-hydroxylation sites is 1. The molecule has 1 amide bonds. The summed E-state index contributed by atoms with van der Waals surface area (Å²) in [5.41, 5.74) is 5.20. The number of fused-ring (bicyclic) bond motifs is 5. The van der Waals surface area contributed by atoms with Gasteiger partial charge in [-0.25, -0.2) is 0 Å². The number of allylic oxidation sites excluding steroid dienone is 1. The Morgan fingerprint density at radius 1 is 1.22 bits per heavy atom. The van der Waals surface area contributed by atoms with E-state index in [0.29, 0.717) is 24.4 Å². The number of aromatic nitrogens is 1. The molecular formula is C22H23N3O2. The maximum absolute atomic E-state index is 12.9. The summed E-state index contributed by atoms with van der Waals surface area (Å²) in [5, 5.41) is 3.05. The number of hydrogen-bond donors (Lipinski definition) is 1. The molecule has 2 aromatic rings. The molecule has 1 aromatic heterocycles. The molecule has 0 saturated heterocycles. The number of nitrogens with one attached hydrogen (secondary N) is 1. The molecule has 3 heterocycles. The van der Waals surface area contributed by atoms with Crippen molar-refractivity contribution >= 4 is 17.3 Å². The molecule has 1 aromatic carbocycles. The average Bonchev–Trinajstić information content (AvgIpc) is 2.69. The lowest BCUT2D eigenvalue weighted by Gasteiger charge is -2.28. The van der Waals surface area contributed by atoms with Gasteiger partial charge >= 0.3 is 0 Å². The third-order valence-electron chi connectivity index (χ3n) is 5.11. The Balaban J connectivity index is 1.89. The molecule has 27 heavy (non-hydrogen) atoms. The van der Waals surface area contributed by atoms with Gasteiger partial charge in [-0.1, -0.05) is 32.0 Å². The largest absolute Gasteiger partial charge is 0.496 e. The van der Waals surface area contributed by atoms with E-state index in [-0.39, 0.29) is 11.8 Å². The lowest BCUT2D eigenvalue weighted by atomic mass is 9.84. The van der Waals surface area contributed by atoms with Crippen molar-refractivity contribution < 1.29 is 9.53 Å². The third kappa shape index (κ3) is 3.25. The third-order valence-corrected chi connectivity index (χ3v) is 5.11. The molecule has 138 valence electrons. The molecule has 5 heteroatoms. The summed E-state index contributed by atoms with van der Waals surface area (Å²) in [6.45, 7) is 5.41. The van der Waals surface area contributed by atoms with E-state index in [0.717, 1.165) is 35.6 Å². The molecule has 1 atom stereocenters. The molecule has 0 saturated carbocycles. The number of dihydropyridines is 1. The van der Waals surface area contributed by atoms with Crippen LogP contribution in [-0.2, 0) is 11.2 Å². The summed E-state index contributed by atoms with van der Waals surface area (Å²) in [7, 11) is 0. The Bertz CT molecular complexity index is 946. The van der Waals surface area contributed by atoms with Gasteiger partial charge in [0.25, 0.3) is 5.91 Å². The maximum Gasteiger partial charge on any atom is 0.257 e. The van der Waals surface area contributed by atoms with Gasteiger partial charge in [0.2, 0.25) is 0 Å². The van der Waals surface area contributed by atoms with Gasteiger partial charge in [-0.15, -0.1) is 0 Å². The van der Waals surface area contributed by atoms with Gasteiger partial charge in [-0.3, -0.25) is 14.8 Å². The predicted octanol–water partition coefficient (Wildman–Crippen LogP) is 4.01. The average molecular weight is 361 g/mol. The van der Waals surface area contributed by atoms with Gasteiger partial charge in [0.05, 0.1) is 30.1 Å². The van der Waals surface area contributed by atoms with Gasteiger partial charge in [-0.2, -0.15) is 0 Å². The SMILES string of the molecule is CCCOC1=C2Cc3ccccc3NC(=O)c3cccnc3C(=NC1)C2C. The van der Waals surface area contributed by atoms with Crippen LogP contribution in [0.1, 0.15) is 41.9 Å². The topological polar surface area (TPSA) is 63.6 Å². The first-order valence-corrected chi connectivity index (χ1v) is 9.42. The first kappa shape index (κ1) is 17.5. The number of carbonyl (C=O) groups is 1. The van der Waals surface area contributed by atoms with Crippen LogP contribution in [0.3, 0.4) is 0 Å². The fourth-order valence-electron chi connectivity index (χ4n) is 3.68. The van der Waals surface area contributed by atoms with Crippen LogP contribution in [0.25, 0.3) is 0 Å². The highest BCUT2D eigenvalue weighted by Gasteiger charge is 2.31. The summed E-state index contributed by atoms with van der Waals surface area (Å²) in [5.74, 6) is 0.839. The highest BCUT2D eigenvalue weighted by molar-refractivity contribution is 6.15. The summed E-state index contributed by atoms with van der Waals surface area (Å²) in [6.07, 6.45) is 3.39. The molecule has 0 spiro atoms. The molecule has 1 unspecified atom stereocenters. The number of ether oxygens (including phenoxy) is 1. The van der Waals surface area contributed by atoms with Crippen LogP contribution in [0.4, 0.5) is 5.69 Å². The number of carbonyl (C=O) groups excluding carboxylic acids is 1. The van der Waals surface area contributed by atoms with E-state index < -0.39 is 0 Å². The number of pyridine rings is 1. The highest BCUT2D eigenvalue weighted by Crippen LogP contribution is 2.33. The number of amides is 1. The number of anilines is 1. The normalized spacial score (nSPS) is 18.8. The Morgan fingerprint density at radius 3 is 2.93 bits per heavy atom. The van der Waals surface area contributed by atoms with E-state index in [2.05, 4.69) is 30.2 Å². The zero-order chi connectivity index (χ0) is 18.8. The Labute approximate surface area is 159 Å². The van der Waals surface area contributed by atoms with Crippen LogP contribution in [0.15, 0.2) is 58.9 Å². The monoisotopic (exact) mass is 361 g/mol. The highest BCUT2D eigenvalue weighted by atomic mass is 16.5. The van der Waals surface area contributed by atoms with Crippen molar-refractivity contribution in [2.24, 2.45) is 10.9 Å². The van der Waals surface area contributed by atoms with Crippen molar-refractivity contribution in [3.05, 3.63) is 70.7 Å². The lowest BCUT2D eigenvalue weighted by molar-refractivity contribution is 0.102. The summed E-state index contributed by atoms with van der Waals surface area (Å²) < 4.78 is 6.05. The van der Waals surface area contributed by atoms with Crippen molar-refractivity contribution in [3.8, 4) is 0 Å². The van der Waals surface area contributed by atoms with Crippen molar-refractivity contribution in [1.29, 1.82) is 0 Å². The minimum absolute atomic E-state index is 0.0400. The standard InChI is InChI=1S/C22H23N3O2/c1-3-11-27-19-13-24-20-14(2)17(19)12-15-7-4-5-9-18(15)25-22(26)16-8-6-10-23-21(16)20/h4-10,14H,3,11-13H2,1-2H3,(H,25,26). The van der Waals surface area contributed by atoms with E-state index in [1.165, 1.54) is 5.57 Å². The molecule has 0 aliphatic carbocycles. The molecule has 1 N–H and O–H groups in total. The van der Waals surface area contributed by atoms with Crippen LogP contribution >= 0.6 is 0 Å². The van der Waals surface area contributed by atoms with Gasteiger partial charge in [0.1, 0.15) is 5.76 Å². The Kier molecular flexibility index (Phi) is 4.75. The Morgan fingerprint density at radius 2 is 2.07 bits per heavy atom. The van der Waals surface area contributed by atoms with Crippen molar-refractivity contribution in [1.82, 2.24) is 4.98 Å². The van der Waals surface area contributed by atoms with E-state index in [1.54, 1.807) is 12.3 Å². The first-order valence-electron chi connectivity index (χ1n) is 9.42. The maximum atomic E-state index is 12.9. The van der Waals surface area contributed by atoms with E-state index in [4.69, 9.17) is 9.73 Å². The van der Waals surface area contributed by atoms with E-state index in [9.17, 15) is 4.79 Å². The second-order valence-electron chi connectivity index (χ2n) is 6.91. The minimum Gasteiger partial charge on any atom is -0.496 e. The van der Waals surface area contributed by atoms with Crippen molar-refractivity contribution in [3.63, 3.8) is 0 Å². The van der Waals surface area contributed by atoms with Gasteiger partial charge in [-0.05, 0) is 42.2 Å². The van der Waals surface area contributed by atoms with Crippen LogP contribution in [0.5, 0.6) is 0 Å². The zero-order valence-electron chi connectivity index (χ0n) is 15.7. The lowest BCUT2D eigenvalue weighted by Crippen LogP contribution is -2.29. The predicted molar refractivity (Wildman–Crippen MR) is 106 cm³/mol. The number of benzene rings is 1. The molecule has 0 fully saturated rings. The summed E-state index contributed by atoms with van der Waals surface area (Å²) >= 11 is 0. The van der Waals surface area contributed by atoms with E-state index >= 15 is 0 Å². The second-order valence-corrected chi connectivity index (χ2v) is 6.91. The minimum atomic E-state index is -0.152. The number of rotatable bonds is 3.